The van der Waals surface area contributed by atoms with E-state index in [1.165, 1.54) is 12.1 Å². The van der Waals surface area contributed by atoms with Crippen LogP contribution < -0.4 is 15.8 Å². The average Bonchev–Trinajstić information content (AvgIpc) is 2.70. The van der Waals surface area contributed by atoms with Crippen LogP contribution in [0.3, 0.4) is 0 Å². The number of halogens is 2. The lowest BCUT2D eigenvalue weighted by atomic mass is 9.53. The molecule has 2 atom stereocenters. The molecule has 8 nitrogen and oxygen atoms in total. The van der Waals surface area contributed by atoms with E-state index in [9.17, 15) is 22.9 Å². The molecule has 4 aliphatic carbocycles. The van der Waals surface area contributed by atoms with Crippen LogP contribution in [0.15, 0.2) is 23.2 Å². The summed E-state index contributed by atoms with van der Waals surface area (Å²) in [5.41, 5.74) is 4.14. The van der Waals surface area contributed by atoms with E-state index in [1.807, 2.05) is 6.19 Å². The number of nitrogens with zero attached hydrogens (tertiary/aromatic N) is 2. The van der Waals surface area contributed by atoms with E-state index in [-0.39, 0.29) is 34.6 Å². The fraction of sp³-hybridized carbons (Fsp3) is 0.609. The van der Waals surface area contributed by atoms with Gasteiger partial charge in [0.25, 0.3) is 0 Å². The zero-order valence-corrected chi connectivity index (χ0v) is 20.6. The molecule has 4 bridgehead atoms. The molecule has 0 spiro atoms. The standard InChI is InChI=1S/C23H28ClFN4O4S/c1-22(2,33-18-4-3-16(25)7-17(18)24)21(28-12-26)29-20-14-5-13-6-15(20)10-23(8-13,9-14)34(31,32)11-19(27)30/h3-4,7,13-15,20H,5-6,8-11H2,1-2H3,(H2,27,30)(H,28,29). The Bertz CT molecular complexity index is 1160. The van der Waals surface area contributed by atoms with E-state index in [0.29, 0.717) is 25.1 Å². The minimum absolute atomic E-state index is 0.0444. The van der Waals surface area contributed by atoms with Gasteiger partial charge in [-0.15, -0.1) is 0 Å². The third-order valence-electron chi connectivity index (χ3n) is 7.50. The minimum atomic E-state index is -3.67. The number of primary amides is 1. The number of carbonyl (C=O) groups is 1. The largest absolute Gasteiger partial charge is 0.478 e. The predicted molar refractivity (Wildman–Crippen MR) is 125 cm³/mol. The summed E-state index contributed by atoms with van der Waals surface area (Å²) in [5, 5.41) is 12.8. The van der Waals surface area contributed by atoms with Gasteiger partial charge in [0.2, 0.25) is 12.1 Å². The van der Waals surface area contributed by atoms with Gasteiger partial charge in [0, 0.05) is 6.04 Å². The minimum Gasteiger partial charge on any atom is -0.478 e. The smallest absolute Gasteiger partial charge is 0.232 e. The highest BCUT2D eigenvalue weighted by Crippen LogP contribution is 2.58. The highest BCUT2D eigenvalue weighted by Gasteiger charge is 2.61. The molecule has 11 heteroatoms. The first-order chi connectivity index (χ1) is 15.9. The number of ether oxygens (including phenoxy) is 1. The highest BCUT2D eigenvalue weighted by atomic mass is 35.5. The number of rotatable bonds is 7. The van der Waals surface area contributed by atoms with E-state index >= 15 is 0 Å². The van der Waals surface area contributed by atoms with E-state index in [2.05, 4.69) is 10.3 Å². The number of sulfone groups is 1. The topological polar surface area (TPSA) is 135 Å². The van der Waals surface area contributed by atoms with Crippen molar-refractivity contribution < 1.29 is 22.3 Å². The maximum absolute atomic E-state index is 13.4. The van der Waals surface area contributed by atoms with Crippen molar-refractivity contribution in [3.8, 4) is 11.9 Å². The molecule has 0 saturated heterocycles. The van der Waals surface area contributed by atoms with Gasteiger partial charge in [0.05, 0.1) is 9.77 Å². The molecular formula is C23H28ClFN4O4S. The number of nitrogens with one attached hydrogen (secondary N) is 1. The van der Waals surface area contributed by atoms with Crippen molar-refractivity contribution in [2.75, 3.05) is 5.75 Å². The van der Waals surface area contributed by atoms with Crippen LogP contribution in [0, 0.1) is 35.0 Å². The Morgan fingerprint density at radius 3 is 2.56 bits per heavy atom. The Morgan fingerprint density at radius 2 is 2.00 bits per heavy atom. The summed E-state index contributed by atoms with van der Waals surface area (Å²) < 4.78 is 44.7. The van der Waals surface area contributed by atoms with Gasteiger partial charge in [0.15, 0.2) is 21.3 Å². The molecule has 1 aromatic rings. The van der Waals surface area contributed by atoms with Crippen molar-refractivity contribution in [2.24, 2.45) is 28.5 Å². The van der Waals surface area contributed by atoms with Crippen molar-refractivity contribution in [1.29, 1.82) is 5.26 Å². The molecule has 184 valence electrons. The molecule has 1 amide bonds. The van der Waals surface area contributed by atoms with Crippen LogP contribution >= 0.6 is 11.6 Å². The number of benzene rings is 1. The number of carbonyl (C=O) groups excluding carboxylic acids is 1. The zero-order chi connectivity index (χ0) is 24.9. The van der Waals surface area contributed by atoms with Crippen LogP contribution in [0.4, 0.5) is 4.39 Å². The molecule has 0 aliphatic heterocycles. The van der Waals surface area contributed by atoms with Gasteiger partial charge in [0.1, 0.15) is 17.3 Å². The fourth-order valence-corrected chi connectivity index (χ4v) is 8.65. The van der Waals surface area contributed by atoms with Crippen LogP contribution in [-0.2, 0) is 14.6 Å². The van der Waals surface area contributed by atoms with E-state index in [0.717, 1.165) is 18.9 Å². The maximum Gasteiger partial charge on any atom is 0.232 e. The lowest BCUT2D eigenvalue weighted by Gasteiger charge is -2.59. The molecule has 0 heterocycles. The van der Waals surface area contributed by atoms with Gasteiger partial charge in [-0.25, -0.2) is 12.8 Å². The number of hydrogen-bond donors (Lipinski definition) is 2. The van der Waals surface area contributed by atoms with Crippen molar-refractivity contribution in [1.82, 2.24) is 5.32 Å². The number of hydrogen-bond acceptors (Lipinski definition) is 6. The summed E-state index contributed by atoms with van der Waals surface area (Å²) in [6.07, 6.45) is 5.00. The van der Waals surface area contributed by atoms with Gasteiger partial charge in [-0.2, -0.15) is 10.3 Å². The monoisotopic (exact) mass is 510 g/mol. The first-order valence-corrected chi connectivity index (χ1v) is 13.3. The zero-order valence-electron chi connectivity index (χ0n) is 19.1. The first kappa shape index (κ1) is 24.7. The normalized spacial score (nSPS) is 30.6. The summed E-state index contributed by atoms with van der Waals surface area (Å²) in [4.78, 5) is 15.4. The number of amides is 1. The van der Waals surface area contributed by atoms with Gasteiger partial charge < -0.3 is 15.8 Å². The van der Waals surface area contributed by atoms with E-state index in [4.69, 9.17) is 22.1 Å². The van der Waals surface area contributed by atoms with E-state index in [1.54, 1.807) is 13.8 Å². The molecule has 34 heavy (non-hydrogen) atoms. The molecule has 1 aromatic carbocycles. The Labute approximate surface area is 203 Å². The molecule has 3 N–H and O–H groups in total. The van der Waals surface area contributed by atoms with Crippen LogP contribution in [-0.4, -0.2) is 42.3 Å². The Morgan fingerprint density at radius 1 is 1.35 bits per heavy atom. The van der Waals surface area contributed by atoms with Gasteiger partial charge in [-0.1, -0.05) is 11.6 Å². The van der Waals surface area contributed by atoms with Crippen molar-refractivity contribution in [3.63, 3.8) is 0 Å². The van der Waals surface area contributed by atoms with Gasteiger partial charge >= 0.3 is 0 Å². The second-order valence-electron chi connectivity index (χ2n) is 10.3. The summed E-state index contributed by atoms with van der Waals surface area (Å²) in [6.45, 7) is 3.45. The van der Waals surface area contributed by atoms with Crippen LogP contribution in [0.5, 0.6) is 5.75 Å². The van der Waals surface area contributed by atoms with Crippen molar-refractivity contribution in [3.05, 3.63) is 29.0 Å². The molecule has 4 aliphatic rings. The molecule has 5 rings (SSSR count). The Balaban J connectivity index is 1.56. The molecule has 0 aromatic heterocycles. The molecule has 0 radical (unpaired) electrons. The molecule has 2 unspecified atom stereocenters. The van der Waals surface area contributed by atoms with Crippen LogP contribution in [0.2, 0.25) is 5.02 Å². The Hall–Kier alpha value is -2.38. The van der Waals surface area contributed by atoms with Gasteiger partial charge in [-0.05, 0) is 81.9 Å². The quantitative estimate of drug-likeness (QED) is 0.329. The summed E-state index contributed by atoms with van der Waals surface area (Å²) in [5.74, 6) is -1.04. The number of nitrogens with two attached hydrogens (primary N) is 1. The third kappa shape index (κ3) is 4.48. The lowest BCUT2D eigenvalue weighted by molar-refractivity contribution is -0.115. The van der Waals surface area contributed by atoms with Gasteiger partial charge in [-0.3, -0.25) is 4.79 Å². The van der Waals surface area contributed by atoms with E-state index < -0.39 is 37.7 Å². The Kier molecular flexibility index (Phi) is 6.32. The average molecular weight is 511 g/mol. The number of nitriles is 1. The highest BCUT2D eigenvalue weighted by molar-refractivity contribution is 7.93. The molecule has 4 saturated carbocycles. The number of amidine groups is 1. The first-order valence-electron chi connectivity index (χ1n) is 11.2. The second-order valence-corrected chi connectivity index (χ2v) is 13.1. The third-order valence-corrected chi connectivity index (χ3v) is 10.3. The molecular weight excluding hydrogens is 483 g/mol. The number of aliphatic imine (C=N–C) groups is 1. The fourth-order valence-electron chi connectivity index (χ4n) is 6.34. The van der Waals surface area contributed by atoms with Crippen molar-refractivity contribution >= 4 is 33.2 Å². The SMILES string of the molecule is CC(C)(Oc1ccc(F)cc1Cl)/C(=N/C#N)NC1C2CC3CC1CC(S(=O)(=O)CC(N)=O)(C3)C2. The second kappa shape index (κ2) is 8.68. The summed E-state index contributed by atoms with van der Waals surface area (Å²) in [7, 11) is -3.67. The lowest BCUT2D eigenvalue weighted by Crippen LogP contribution is -2.65. The van der Waals surface area contributed by atoms with Crippen LogP contribution in [0.25, 0.3) is 0 Å². The van der Waals surface area contributed by atoms with Crippen molar-refractivity contribution in [2.45, 2.75) is 62.3 Å². The summed E-state index contributed by atoms with van der Waals surface area (Å²) in [6, 6.07) is 3.70. The summed E-state index contributed by atoms with van der Waals surface area (Å²) >= 11 is 6.12. The maximum atomic E-state index is 13.4. The predicted octanol–water partition coefficient (Wildman–Crippen LogP) is 2.95. The van der Waals surface area contributed by atoms with Crippen LogP contribution in [0.1, 0.15) is 46.0 Å². The molecule has 4 fully saturated rings.